The number of halogens is 1. The molecule has 2 heterocycles. The molecule has 0 radical (unpaired) electrons. The first-order valence-electron chi connectivity index (χ1n) is 10.1. The van der Waals surface area contributed by atoms with Gasteiger partial charge in [-0.2, -0.15) is 0 Å². The summed E-state index contributed by atoms with van der Waals surface area (Å²) in [6, 6.07) is 12.8. The Labute approximate surface area is 167 Å². The maximum atomic E-state index is 14.1. The zero-order valence-corrected chi connectivity index (χ0v) is 16.8. The molecule has 1 saturated heterocycles. The van der Waals surface area contributed by atoms with Crippen molar-refractivity contribution in [2.24, 2.45) is 5.92 Å². The quantitative estimate of drug-likeness (QED) is 0.788. The van der Waals surface area contributed by atoms with Gasteiger partial charge in [-0.05, 0) is 55.6 Å². The molecule has 4 nitrogen and oxygen atoms in total. The Morgan fingerprint density at radius 2 is 1.89 bits per heavy atom. The zero-order chi connectivity index (χ0) is 20.0. The third kappa shape index (κ3) is 5.61. The van der Waals surface area contributed by atoms with E-state index >= 15 is 0 Å². The van der Waals surface area contributed by atoms with Crippen LogP contribution >= 0.6 is 0 Å². The molecule has 1 N–H and O–H groups in total. The van der Waals surface area contributed by atoms with E-state index in [2.05, 4.69) is 21.3 Å². The van der Waals surface area contributed by atoms with Gasteiger partial charge in [-0.3, -0.25) is 14.7 Å². The fourth-order valence-corrected chi connectivity index (χ4v) is 3.83. The van der Waals surface area contributed by atoms with Crippen LogP contribution in [0.2, 0.25) is 0 Å². The minimum absolute atomic E-state index is 0.0626. The van der Waals surface area contributed by atoms with Crippen molar-refractivity contribution >= 4 is 5.91 Å². The van der Waals surface area contributed by atoms with E-state index in [-0.39, 0.29) is 11.7 Å². The fraction of sp³-hybridized carbons (Fsp3) is 0.478. The summed E-state index contributed by atoms with van der Waals surface area (Å²) in [4.78, 5) is 19.2. The number of piperidine rings is 1. The number of carbonyl (C=O) groups is 1. The molecule has 0 aliphatic carbocycles. The lowest BCUT2D eigenvalue weighted by Crippen LogP contribution is -2.39. The highest BCUT2D eigenvalue weighted by atomic mass is 19.1. The van der Waals surface area contributed by atoms with Gasteiger partial charge < -0.3 is 5.32 Å². The average Bonchev–Trinajstić information content (AvgIpc) is 2.69. The Morgan fingerprint density at radius 1 is 1.18 bits per heavy atom. The molecule has 0 bridgehead atoms. The Morgan fingerprint density at radius 3 is 2.57 bits per heavy atom. The van der Waals surface area contributed by atoms with Gasteiger partial charge in [0.2, 0.25) is 5.91 Å². The average molecular weight is 384 g/mol. The van der Waals surface area contributed by atoms with Crippen molar-refractivity contribution in [3.63, 3.8) is 0 Å². The highest BCUT2D eigenvalue weighted by Gasteiger charge is 2.26. The van der Waals surface area contributed by atoms with E-state index < -0.39 is 5.41 Å². The monoisotopic (exact) mass is 383 g/mol. The van der Waals surface area contributed by atoms with Crippen LogP contribution in [-0.2, 0) is 16.8 Å². The number of likely N-dealkylation sites (tertiary alicyclic amines) is 1. The third-order valence-electron chi connectivity index (χ3n) is 5.62. The van der Waals surface area contributed by atoms with Crippen LogP contribution in [0.5, 0.6) is 0 Å². The Balaban J connectivity index is 1.42. The van der Waals surface area contributed by atoms with E-state index in [9.17, 15) is 9.18 Å². The van der Waals surface area contributed by atoms with Crippen LogP contribution in [-0.4, -0.2) is 35.4 Å². The zero-order valence-electron chi connectivity index (χ0n) is 16.8. The molecule has 1 aliphatic rings. The van der Waals surface area contributed by atoms with Crippen LogP contribution in [0, 0.1) is 11.7 Å². The molecule has 1 aromatic carbocycles. The summed E-state index contributed by atoms with van der Waals surface area (Å²) in [5.74, 6) is 0.256. The lowest BCUT2D eigenvalue weighted by Gasteiger charge is -2.32. The van der Waals surface area contributed by atoms with Gasteiger partial charge in [0.25, 0.3) is 0 Å². The molecule has 0 atom stereocenters. The van der Waals surface area contributed by atoms with Gasteiger partial charge in [-0.1, -0.05) is 38.1 Å². The number of aromatic nitrogens is 1. The topological polar surface area (TPSA) is 45.2 Å². The van der Waals surface area contributed by atoms with Crippen molar-refractivity contribution in [3.05, 3.63) is 65.7 Å². The summed E-state index contributed by atoms with van der Waals surface area (Å²) >= 11 is 0. The predicted molar refractivity (Wildman–Crippen MR) is 109 cm³/mol. The summed E-state index contributed by atoms with van der Waals surface area (Å²) < 4.78 is 14.1. The lowest BCUT2D eigenvalue weighted by molar-refractivity contribution is -0.122. The van der Waals surface area contributed by atoms with Gasteiger partial charge in [0.1, 0.15) is 5.82 Å². The van der Waals surface area contributed by atoms with Gasteiger partial charge in [0.05, 0.1) is 5.69 Å². The highest BCUT2D eigenvalue weighted by Crippen LogP contribution is 2.25. The largest absolute Gasteiger partial charge is 0.355 e. The minimum atomic E-state index is -0.437. The van der Waals surface area contributed by atoms with E-state index in [0.717, 1.165) is 38.2 Å². The second kappa shape index (κ2) is 9.28. The Kier molecular flexibility index (Phi) is 6.79. The second-order valence-electron chi connectivity index (χ2n) is 8.39. The molecular formula is C23H30FN3O. The number of nitrogens with one attached hydrogen (secondary N) is 1. The van der Waals surface area contributed by atoms with Crippen LogP contribution < -0.4 is 5.32 Å². The molecule has 1 aromatic heterocycles. The first-order valence-corrected chi connectivity index (χ1v) is 10.1. The smallest absolute Gasteiger partial charge is 0.220 e. The van der Waals surface area contributed by atoms with Crippen LogP contribution in [0.25, 0.3) is 0 Å². The van der Waals surface area contributed by atoms with E-state index in [1.54, 1.807) is 12.1 Å². The number of nitrogens with zero attached hydrogens (tertiary/aromatic N) is 2. The van der Waals surface area contributed by atoms with Gasteiger partial charge in [0, 0.05) is 31.1 Å². The van der Waals surface area contributed by atoms with Crippen LogP contribution in [0.4, 0.5) is 4.39 Å². The molecule has 0 unspecified atom stereocenters. The molecule has 1 amide bonds. The number of pyridine rings is 1. The molecule has 28 heavy (non-hydrogen) atoms. The number of amides is 1. The molecule has 5 heteroatoms. The predicted octanol–water partition coefficient (Wildman–Crippen LogP) is 3.92. The van der Waals surface area contributed by atoms with E-state index in [4.69, 9.17) is 0 Å². The Bertz CT molecular complexity index is 770. The summed E-state index contributed by atoms with van der Waals surface area (Å²) in [7, 11) is 0. The molecule has 1 aliphatic heterocycles. The van der Waals surface area contributed by atoms with Crippen LogP contribution in [0.3, 0.4) is 0 Å². The van der Waals surface area contributed by atoms with Gasteiger partial charge >= 0.3 is 0 Å². The van der Waals surface area contributed by atoms with Gasteiger partial charge in [-0.25, -0.2) is 4.39 Å². The van der Waals surface area contributed by atoms with Gasteiger partial charge in [0.15, 0.2) is 0 Å². The van der Waals surface area contributed by atoms with Crippen molar-refractivity contribution in [1.29, 1.82) is 0 Å². The van der Waals surface area contributed by atoms with Gasteiger partial charge in [-0.15, -0.1) is 0 Å². The van der Waals surface area contributed by atoms with Crippen molar-refractivity contribution < 1.29 is 9.18 Å². The van der Waals surface area contributed by atoms with E-state index in [1.807, 2.05) is 38.2 Å². The number of hydrogen-bond acceptors (Lipinski definition) is 3. The fourth-order valence-electron chi connectivity index (χ4n) is 3.83. The first-order chi connectivity index (χ1) is 13.4. The maximum Gasteiger partial charge on any atom is 0.220 e. The lowest BCUT2D eigenvalue weighted by atomic mass is 9.84. The molecular weight excluding hydrogens is 353 g/mol. The standard InChI is InChI=1S/C23H30FN3O/c1-23(2,20-8-3-4-9-21(20)24)17-26-22(28)15-18-10-13-27(14-11-18)16-19-7-5-6-12-25-19/h3-9,12,18H,10-11,13-17H2,1-2H3,(H,26,28). The van der Waals surface area contributed by atoms with Crippen LogP contribution in [0.15, 0.2) is 48.7 Å². The van der Waals surface area contributed by atoms with E-state index in [0.29, 0.717) is 24.4 Å². The number of carbonyl (C=O) groups excluding carboxylic acids is 1. The minimum Gasteiger partial charge on any atom is -0.355 e. The molecule has 2 aromatic rings. The summed E-state index contributed by atoms with van der Waals surface area (Å²) in [6.07, 6.45) is 4.42. The van der Waals surface area contributed by atoms with Crippen molar-refractivity contribution in [2.75, 3.05) is 19.6 Å². The van der Waals surface area contributed by atoms with Crippen LogP contribution in [0.1, 0.15) is 44.4 Å². The molecule has 150 valence electrons. The summed E-state index contributed by atoms with van der Waals surface area (Å²) in [5.41, 5.74) is 1.29. The summed E-state index contributed by atoms with van der Waals surface area (Å²) in [6.45, 7) is 7.22. The van der Waals surface area contributed by atoms with E-state index in [1.165, 1.54) is 6.07 Å². The SMILES string of the molecule is CC(C)(CNC(=O)CC1CCN(Cc2ccccn2)CC1)c1ccccc1F. The second-order valence-corrected chi connectivity index (χ2v) is 8.39. The normalized spacial score (nSPS) is 16.1. The van der Waals surface area contributed by atoms with Crippen molar-refractivity contribution in [3.8, 4) is 0 Å². The third-order valence-corrected chi connectivity index (χ3v) is 5.62. The van der Waals surface area contributed by atoms with Crippen molar-refractivity contribution in [1.82, 2.24) is 15.2 Å². The molecule has 0 saturated carbocycles. The highest BCUT2D eigenvalue weighted by molar-refractivity contribution is 5.76. The number of hydrogen-bond donors (Lipinski definition) is 1. The van der Waals surface area contributed by atoms with Crippen molar-refractivity contribution in [2.45, 2.75) is 45.1 Å². The molecule has 3 rings (SSSR count). The maximum absolute atomic E-state index is 14.1. The first kappa shape index (κ1) is 20.5. The number of benzene rings is 1. The summed E-state index contributed by atoms with van der Waals surface area (Å²) in [5, 5.41) is 3.02. The molecule has 0 spiro atoms. The number of rotatable bonds is 7. The molecule has 1 fully saturated rings. The Hall–Kier alpha value is -2.27.